The Bertz CT molecular complexity index is 959. The van der Waals surface area contributed by atoms with E-state index >= 15 is 0 Å². The van der Waals surface area contributed by atoms with Gasteiger partial charge in [0.15, 0.2) is 0 Å². The molecule has 0 fully saturated rings. The summed E-state index contributed by atoms with van der Waals surface area (Å²) in [5, 5.41) is 25.4. The SMILES string of the molecule is COc1ccc([N+](=O)[O-])cc1C[C@@H](NC(=O)c1ccccc1NC(C)=O)C(=O)O. The first kappa shape index (κ1) is 21.4. The summed E-state index contributed by atoms with van der Waals surface area (Å²) in [6, 6.07) is 8.55. The van der Waals surface area contributed by atoms with E-state index in [0.717, 1.165) is 0 Å². The number of carbonyl (C=O) groups excluding carboxylic acids is 2. The highest BCUT2D eigenvalue weighted by Crippen LogP contribution is 2.25. The van der Waals surface area contributed by atoms with Gasteiger partial charge < -0.3 is 20.5 Å². The molecule has 0 saturated carbocycles. The Morgan fingerprint density at radius 1 is 1.21 bits per heavy atom. The van der Waals surface area contributed by atoms with E-state index in [0.29, 0.717) is 0 Å². The van der Waals surface area contributed by atoms with Crippen molar-refractivity contribution in [3.8, 4) is 5.75 Å². The van der Waals surface area contributed by atoms with Gasteiger partial charge in [-0.1, -0.05) is 12.1 Å². The Labute approximate surface area is 165 Å². The molecule has 0 aliphatic carbocycles. The first-order chi connectivity index (χ1) is 13.7. The third-order valence-electron chi connectivity index (χ3n) is 3.98. The number of rotatable bonds is 8. The highest BCUT2D eigenvalue weighted by atomic mass is 16.6. The van der Waals surface area contributed by atoms with Gasteiger partial charge in [0.05, 0.1) is 23.3 Å². The highest BCUT2D eigenvalue weighted by Gasteiger charge is 2.25. The van der Waals surface area contributed by atoms with E-state index in [-0.39, 0.29) is 40.6 Å². The maximum Gasteiger partial charge on any atom is 0.326 e. The van der Waals surface area contributed by atoms with Gasteiger partial charge in [-0.05, 0) is 18.2 Å². The maximum atomic E-state index is 12.6. The number of carboxylic acid groups (broad SMARTS) is 1. The van der Waals surface area contributed by atoms with Crippen LogP contribution in [0, 0.1) is 10.1 Å². The number of benzene rings is 2. The molecule has 2 amide bonds. The molecule has 0 aromatic heterocycles. The summed E-state index contributed by atoms with van der Waals surface area (Å²) in [4.78, 5) is 46.0. The number of non-ortho nitro benzene ring substituents is 1. The van der Waals surface area contributed by atoms with Gasteiger partial charge in [0.25, 0.3) is 11.6 Å². The van der Waals surface area contributed by atoms with Crippen LogP contribution in [-0.2, 0) is 16.0 Å². The second-order valence-corrected chi connectivity index (χ2v) is 6.05. The first-order valence-electron chi connectivity index (χ1n) is 8.44. The molecule has 0 aliphatic rings. The maximum absolute atomic E-state index is 12.6. The fourth-order valence-electron chi connectivity index (χ4n) is 2.67. The van der Waals surface area contributed by atoms with E-state index in [1.165, 1.54) is 44.4 Å². The molecule has 0 aliphatic heterocycles. The van der Waals surface area contributed by atoms with Crippen molar-refractivity contribution in [3.63, 3.8) is 0 Å². The number of methoxy groups -OCH3 is 1. The number of para-hydroxylation sites is 1. The van der Waals surface area contributed by atoms with Crippen LogP contribution in [0.2, 0.25) is 0 Å². The summed E-state index contributed by atoms with van der Waals surface area (Å²) in [7, 11) is 1.35. The molecule has 1 atom stereocenters. The number of nitro groups is 1. The number of carbonyl (C=O) groups is 3. The van der Waals surface area contributed by atoms with Crippen LogP contribution in [0.1, 0.15) is 22.8 Å². The lowest BCUT2D eigenvalue weighted by Crippen LogP contribution is -2.42. The van der Waals surface area contributed by atoms with Gasteiger partial charge in [0.1, 0.15) is 11.8 Å². The van der Waals surface area contributed by atoms with Gasteiger partial charge in [0, 0.05) is 31.0 Å². The summed E-state index contributed by atoms with van der Waals surface area (Å²) >= 11 is 0. The molecule has 10 heteroatoms. The molecule has 29 heavy (non-hydrogen) atoms. The van der Waals surface area contributed by atoms with Crippen LogP contribution >= 0.6 is 0 Å². The summed E-state index contributed by atoms with van der Waals surface area (Å²) in [5.74, 6) is -2.17. The van der Waals surface area contributed by atoms with Crippen LogP contribution in [0.3, 0.4) is 0 Å². The number of nitrogens with zero attached hydrogens (tertiary/aromatic N) is 1. The number of hydrogen-bond donors (Lipinski definition) is 3. The number of carboxylic acids is 1. The van der Waals surface area contributed by atoms with Crippen molar-refractivity contribution in [2.75, 3.05) is 12.4 Å². The number of anilines is 1. The van der Waals surface area contributed by atoms with E-state index in [9.17, 15) is 29.6 Å². The molecule has 0 saturated heterocycles. The fourth-order valence-corrected chi connectivity index (χ4v) is 2.67. The summed E-state index contributed by atoms with van der Waals surface area (Å²) < 4.78 is 5.14. The zero-order chi connectivity index (χ0) is 21.6. The van der Waals surface area contributed by atoms with Gasteiger partial charge in [0.2, 0.25) is 5.91 Å². The van der Waals surface area contributed by atoms with E-state index in [2.05, 4.69) is 10.6 Å². The van der Waals surface area contributed by atoms with Gasteiger partial charge in [-0.25, -0.2) is 4.79 Å². The minimum atomic E-state index is -1.39. The molecule has 0 spiro atoms. The Morgan fingerprint density at radius 3 is 2.48 bits per heavy atom. The van der Waals surface area contributed by atoms with Crippen LogP contribution in [0.5, 0.6) is 5.75 Å². The van der Waals surface area contributed by atoms with Gasteiger partial charge in [-0.3, -0.25) is 19.7 Å². The van der Waals surface area contributed by atoms with Crippen LogP contribution in [0.25, 0.3) is 0 Å². The minimum Gasteiger partial charge on any atom is -0.496 e. The molecule has 0 radical (unpaired) electrons. The van der Waals surface area contributed by atoms with Crippen LogP contribution in [0.4, 0.5) is 11.4 Å². The second kappa shape index (κ2) is 9.31. The van der Waals surface area contributed by atoms with Crippen molar-refractivity contribution in [2.45, 2.75) is 19.4 Å². The van der Waals surface area contributed by atoms with Crippen molar-refractivity contribution >= 4 is 29.2 Å². The molecule has 10 nitrogen and oxygen atoms in total. The van der Waals surface area contributed by atoms with Crippen molar-refractivity contribution in [3.05, 3.63) is 63.7 Å². The Kier molecular flexibility index (Phi) is 6.85. The van der Waals surface area contributed by atoms with Crippen molar-refractivity contribution in [2.24, 2.45) is 0 Å². The molecule has 2 aromatic carbocycles. The largest absolute Gasteiger partial charge is 0.496 e. The zero-order valence-corrected chi connectivity index (χ0v) is 15.7. The molecule has 0 bridgehead atoms. The minimum absolute atomic E-state index is 0.0833. The standard InChI is InChI=1S/C19H19N3O7/c1-11(23)20-15-6-4-3-5-14(15)18(24)21-16(19(25)26)10-12-9-13(22(27)28)7-8-17(12)29-2/h3-9,16H,10H2,1-2H3,(H,20,23)(H,21,24)(H,25,26)/t16-/m1/s1. The third-order valence-corrected chi connectivity index (χ3v) is 3.98. The summed E-state index contributed by atoms with van der Waals surface area (Å²) in [5.41, 5.74) is 0.339. The van der Waals surface area contributed by atoms with E-state index in [1.807, 2.05) is 0 Å². The normalized spacial score (nSPS) is 11.2. The smallest absolute Gasteiger partial charge is 0.326 e. The molecule has 2 rings (SSSR count). The van der Waals surface area contributed by atoms with E-state index < -0.39 is 22.8 Å². The van der Waals surface area contributed by atoms with Crippen molar-refractivity contribution in [1.82, 2.24) is 5.32 Å². The molecular weight excluding hydrogens is 382 g/mol. The fraction of sp³-hybridized carbons (Fsp3) is 0.211. The lowest BCUT2D eigenvalue weighted by atomic mass is 10.0. The Balaban J connectivity index is 2.29. The highest BCUT2D eigenvalue weighted by molar-refractivity contribution is 6.04. The van der Waals surface area contributed by atoms with Gasteiger partial charge in [-0.2, -0.15) is 0 Å². The quantitative estimate of drug-likeness (QED) is 0.452. The average Bonchev–Trinajstić information content (AvgIpc) is 2.67. The monoisotopic (exact) mass is 401 g/mol. The topological polar surface area (TPSA) is 148 Å². The number of hydrogen-bond acceptors (Lipinski definition) is 6. The number of nitro benzene ring substituents is 1. The lowest BCUT2D eigenvalue weighted by Gasteiger charge is -2.17. The average molecular weight is 401 g/mol. The predicted octanol–water partition coefficient (Wildman–Crippen LogP) is 1.99. The van der Waals surface area contributed by atoms with Crippen LogP contribution < -0.4 is 15.4 Å². The van der Waals surface area contributed by atoms with Crippen molar-refractivity contribution in [1.29, 1.82) is 0 Å². The lowest BCUT2D eigenvalue weighted by molar-refractivity contribution is -0.384. The molecule has 3 N–H and O–H groups in total. The molecule has 0 heterocycles. The molecular formula is C19H19N3O7. The van der Waals surface area contributed by atoms with Crippen LogP contribution in [0.15, 0.2) is 42.5 Å². The second-order valence-electron chi connectivity index (χ2n) is 6.05. The number of nitrogens with one attached hydrogen (secondary N) is 2. The molecule has 152 valence electrons. The van der Waals surface area contributed by atoms with Gasteiger partial charge in [-0.15, -0.1) is 0 Å². The first-order valence-corrected chi connectivity index (χ1v) is 8.44. The summed E-state index contributed by atoms with van der Waals surface area (Å²) in [6.45, 7) is 1.28. The third kappa shape index (κ3) is 5.51. The Morgan fingerprint density at radius 2 is 1.90 bits per heavy atom. The molecule has 0 unspecified atom stereocenters. The predicted molar refractivity (Wildman–Crippen MR) is 103 cm³/mol. The van der Waals surface area contributed by atoms with Crippen molar-refractivity contribution < 1.29 is 29.2 Å². The number of amides is 2. The zero-order valence-electron chi connectivity index (χ0n) is 15.7. The number of ether oxygens (including phenoxy) is 1. The van der Waals surface area contributed by atoms with Crippen LogP contribution in [-0.4, -0.2) is 41.0 Å². The van der Waals surface area contributed by atoms with Gasteiger partial charge >= 0.3 is 5.97 Å². The molecule has 2 aromatic rings. The van der Waals surface area contributed by atoms with E-state index in [4.69, 9.17) is 4.74 Å². The Hall–Kier alpha value is -3.95. The number of aliphatic carboxylic acids is 1. The summed E-state index contributed by atoms with van der Waals surface area (Å²) in [6.07, 6.45) is -0.242. The van der Waals surface area contributed by atoms with E-state index in [1.54, 1.807) is 12.1 Å².